The van der Waals surface area contributed by atoms with Gasteiger partial charge in [-0.05, 0) is 18.2 Å². The van der Waals surface area contributed by atoms with Gasteiger partial charge in [-0.25, -0.2) is 4.79 Å². The summed E-state index contributed by atoms with van der Waals surface area (Å²) in [5.74, 6) is -1.52. The number of halogens is 1. The van der Waals surface area contributed by atoms with Crippen molar-refractivity contribution in [2.24, 2.45) is 0 Å². The number of aromatic carboxylic acids is 1. The Labute approximate surface area is 109 Å². The maximum Gasteiger partial charge on any atom is 0.336 e. The average Bonchev–Trinajstić information content (AvgIpc) is 2.38. The number of carboxylic acid groups (broad SMARTS) is 1. The fourth-order valence-corrected chi connectivity index (χ4v) is 1.88. The molecular formula is C14H9ClO3. The smallest absolute Gasteiger partial charge is 0.336 e. The third-order valence-corrected chi connectivity index (χ3v) is 2.85. The normalized spacial score (nSPS) is 10.1. The second-order valence-electron chi connectivity index (χ2n) is 3.66. The van der Waals surface area contributed by atoms with Gasteiger partial charge in [0.05, 0.1) is 10.6 Å². The van der Waals surface area contributed by atoms with Gasteiger partial charge in [-0.3, -0.25) is 4.79 Å². The first-order valence-electron chi connectivity index (χ1n) is 5.23. The third kappa shape index (κ3) is 2.26. The van der Waals surface area contributed by atoms with Crippen molar-refractivity contribution in [3.05, 3.63) is 70.2 Å². The Morgan fingerprint density at radius 2 is 1.33 bits per heavy atom. The van der Waals surface area contributed by atoms with E-state index in [-0.39, 0.29) is 11.1 Å². The number of hydrogen-bond acceptors (Lipinski definition) is 2. The summed E-state index contributed by atoms with van der Waals surface area (Å²) in [6, 6.07) is 12.6. The molecule has 0 bridgehead atoms. The van der Waals surface area contributed by atoms with E-state index in [0.717, 1.165) is 0 Å². The lowest BCUT2D eigenvalue weighted by Gasteiger charge is -2.06. The van der Waals surface area contributed by atoms with Gasteiger partial charge < -0.3 is 5.11 Å². The van der Waals surface area contributed by atoms with Crippen molar-refractivity contribution in [3.8, 4) is 0 Å². The molecule has 4 heteroatoms. The summed E-state index contributed by atoms with van der Waals surface area (Å²) in [5.41, 5.74) is 0.411. The van der Waals surface area contributed by atoms with E-state index < -0.39 is 11.8 Å². The van der Waals surface area contributed by atoms with Gasteiger partial charge in [0.2, 0.25) is 0 Å². The van der Waals surface area contributed by atoms with Crippen LogP contribution >= 0.6 is 11.6 Å². The van der Waals surface area contributed by atoms with Gasteiger partial charge in [-0.1, -0.05) is 41.9 Å². The van der Waals surface area contributed by atoms with E-state index in [0.29, 0.717) is 10.6 Å². The molecule has 0 unspecified atom stereocenters. The predicted molar refractivity (Wildman–Crippen MR) is 68.3 cm³/mol. The Kier molecular flexibility index (Phi) is 3.44. The van der Waals surface area contributed by atoms with Crippen LogP contribution in [0.5, 0.6) is 0 Å². The molecule has 0 atom stereocenters. The number of carbonyl (C=O) groups is 2. The van der Waals surface area contributed by atoms with Gasteiger partial charge in [-0.2, -0.15) is 0 Å². The molecule has 3 nitrogen and oxygen atoms in total. The second-order valence-corrected chi connectivity index (χ2v) is 4.07. The summed E-state index contributed by atoms with van der Waals surface area (Å²) in [6.07, 6.45) is 0. The van der Waals surface area contributed by atoms with E-state index in [4.69, 9.17) is 16.7 Å². The fraction of sp³-hybridized carbons (Fsp3) is 0. The fourth-order valence-electron chi connectivity index (χ4n) is 1.66. The molecule has 2 aromatic carbocycles. The monoisotopic (exact) mass is 260 g/mol. The number of hydrogen-bond donors (Lipinski definition) is 1. The minimum Gasteiger partial charge on any atom is -0.478 e. The van der Waals surface area contributed by atoms with E-state index in [1.54, 1.807) is 36.4 Å². The molecule has 18 heavy (non-hydrogen) atoms. The molecule has 0 aromatic heterocycles. The van der Waals surface area contributed by atoms with Crippen LogP contribution in [0.2, 0.25) is 5.02 Å². The summed E-state index contributed by atoms with van der Waals surface area (Å²) in [4.78, 5) is 23.3. The van der Waals surface area contributed by atoms with E-state index >= 15 is 0 Å². The zero-order valence-electron chi connectivity index (χ0n) is 9.26. The molecule has 0 saturated heterocycles. The summed E-state index contributed by atoms with van der Waals surface area (Å²) in [5, 5.41) is 9.35. The first-order valence-corrected chi connectivity index (χ1v) is 5.60. The highest BCUT2D eigenvalue weighted by Crippen LogP contribution is 2.21. The molecule has 0 aliphatic rings. The molecule has 2 rings (SSSR count). The minimum absolute atomic E-state index is 0.0255. The van der Waals surface area contributed by atoms with Gasteiger partial charge >= 0.3 is 5.97 Å². The molecule has 1 N–H and O–H groups in total. The molecule has 0 aliphatic carbocycles. The van der Waals surface area contributed by atoms with E-state index in [2.05, 4.69) is 0 Å². The van der Waals surface area contributed by atoms with E-state index in [1.807, 2.05) is 0 Å². The first kappa shape index (κ1) is 12.3. The maximum absolute atomic E-state index is 12.2. The highest BCUT2D eigenvalue weighted by molar-refractivity contribution is 6.35. The quantitative estimate of drug-likeness (QED) is 0.862. The minimum atomic E-state index is -1.13. The maximum atomic E-state index is 12.2. The molecule has 0 aliphatic heterocycles. The van der Waals surface area contributed by atoms with Crippen LogP contribution in [-0.4, -0.2) is 16.9 Å². The number of ketones is 1. The standard InChI is InChI=1S/C14H9ClO3/c15-12-8-4-3-7-11(12)13(16)9-5-1-2-6-10(9)14(17)18/h1-8H,(H,17,18). The molecule has 0 radical (unpaired) electrons. The molecule has 90 valence electrons. The molecule has 2 aromatic rings. The number of carbonyl (C=O) groups excluding carboxylic acids is 1. The Morgan fingerprint density at radius 3 is 1.89 bits per heavy atom. The Balaban J connectivity index is 2.54. The zero-order chi connectivity index (χ0) is 13.1. The highest BCUT2D eigenvalue weighted by atomic mass is 35.5. The molecule has 0 spiro atoms. The molecule has 0 saturated carbocycles. The van der Waals surface area contributed by atoms with Crippen LogP contribution < -0.4 is 0 Å². The van der Waals surface area contributed by atoms with Gasteiger partial charge in [0, 0.05) is 11.1 Å². The topological polar surface area (TPSA) is 54.4 Å². The van der Waals surface area contributed by atoms with Crippen molar-refractivity contribution in [2.45, 2.75) is 0 Å². The summed E-state index contributed by atoms with van der Waals surface area (Å²) < 4.78 is 0. The SMILES string of the molecule is O=C(O)c1ccccc1C(=O)c1ccccc1Cl. The summed E-state index contributed by atoms with van der Waals surface area (Å²) in [6.45, 7) is 0. The lowest BCUT2D eigenvalue weighted by molar-refractivity contribution is 0.0693. The van der Waals surface area contributed by atoms with Crippen molar-refractivity contribution in [1.82, 2.24) is 0 Å². The van der Waals surface area contributed by atoms with E-state index in [1.165, 1.54) is 12.1 Å². The van der Waals surface area contributed by atoms with Crippen molar-refractivity contribution in [2.75, 3.05) is 0 Å². The number of benzene rings is 2. The van der Waals surface area contributed by atoms with Crippen LogP contribution in [0.1, 0.15) is 26.3 Å². The van der Waals surface area contributed by atoms with Crippen LogP contribution in [0.15, 0.2) is 48.5 Å². The van der Waals surface area contributed by atoms with Gasteiger partial charge in [-0.15, -0.1) is 0 Å². The summed E-state index contributed by atoms with van der Waals surface area (Å²) in [7, 11) is 0. The van der Waals surface area contributed by atoms with Gasteiger partial charge in [0.15, 0.2) is 5.78 Å². The van der Waals surface area contributed by atoms with Crippen LogP contribution in [0, 0.1) is 0 Å². The number of rotatable bonds is 3. The summed E-state index contributed by atoms with van der Waals surface area (Å²) >= 11 is 5.93. The lowest BCUT2D eigenvalue weighted by Crippen LogP contribution is -2.09. The first-order chi connectivity index (χ1) is 8.61. The Bertz CT molecular complexity index is 620. The van der Waals surface area contributed by atoms with Crippen LogP contribution in [0.25, 0.3) is 0 Å². The van der Waals surface area contributed by atoms with Crippen LogP contribution in [0.4, 0.5) is 0 Å². The van der Waals surface area contributed by atoms with Gasteiger partial charge in [0.25, 0.3) is 0 Å². The second kappa shape index (κ2) is 5.02. The number of carboxylic acids is 1. The van der Waals surface area contributed by atoms with Crippen molar-refractivity contribution >= 4 is 23.4 Å². The lowest BCUT2D eigenvalue weighted by atomic mass is 9.98. The van der Waals surface area contributed by atoms with Crippen molar-refractivity contribution in [3.63, 3.8) is 0 Å². The molecular weight excluding hydrogens is 252 g/mol. The van der Waals surface area contributed by atoms with E-state index in [9.17, 15) is 9.59 Å². The average molecular weight is 261 g/mol. The van der Waals surface area contributed by atoms with Crippen LogP contribution in [-0.2, 0) is 0 Å². The predicted octanol–water partition coefficient (Wildman–Crippen LogP) is 3.27. The largest absolute Gasteiger partial charge is 0.478 e. The Morgan fingerprint density at radius 1 is 0.833 bits per heavy atom. The Hall–Kier alpha value is -2.13. The third-order valence-electron chi connectivity index (χ3n) is 2.52. The van der Waals surface area contributed by atoms with Crippen molar-refractivity contribution < 1.29 is 14.7 Å². The molecule has 0 amide bonds. The van der Waals surface area contributed by atoms with Gasteiger partial charge in [0.1, 0.15) is 0 Å². The van der Waals surface area contributed by atoms with Crippen molar-refractivity contribution in [1.29, 1.82) is 0 Å². The molecule has 0 fully saturated rings. The highest BCUT2D eigenvalue weighted by Gasteiger charge is 2.18. The van der Waals surface area contributed by atoms with Crippen LogP contribution in [0.3, 0.4) is 0 Å². The molecule has 0 heterocycles. The zero-order valence-corrected chi connectivity index (χ0v) is 10.0.